The van der Waals surface area contributed by atoms with Crippen molar-refractivity contribution < 1.29 is 18.0 Å². The number of hydrogen-bond donors (Lipinski definition) is 2. The maximum absolute atomic E-state index is 12.6. The second-order valence-corrected chi connectivity index (χ2v) is 5.85. The Morgan fingerprint density at radius 3 is 2.90 bits per heavy atom. The summed E-state index contributed by atoms with van der Waals surface area (Å²) in [5.41, 5.74) is -0.948. The number of amides is 1. The molecule has 1 aliphatic carbocycles. The zero-order chi connectivity index (χ0) is 15.3. The third-order valence-electron chi connectivity index (χ3n) is 4.70. The van der Waals surface area contributed by atoms with Crippen LogP contribution >= 0.6 is 0 Å². The maximum Gasteiger partial charge on any atom is 0.435 e. The first-order valence-corrected chi connectivity index (χ1v) is 6.92. The quantitative estimate of drug-likeness (QED) is 0.877. The summed E-state index contributed by atoms with van der Waals surface area (Å²) in [5.74, 6) is 0.285. The van der Waals surface area contributed by atoms with Crippen LogP contribution in [0.15, 0.2) is 6.07 Å². The summed E-state index contributed by atoms with van der Waals surface area (Å²) in [6.07, 6.45) is -2.59. The van der Waals surface area contributed by atoms with E-state index >= 15 is 0 Å². The van der Waals surface area contributed by atoms with Crippen LogP contribution in [-0.4, -0.2) is 28.8 Å². The van der Waals surface area contributed by atoms with E-state index in [-0.39, 0.29) is 17.9 Å². The average molecular weight is 302 g/mol. The molecule has 1 aliphatic heterocycles. The largest absolute Gasteiger partial charge is 0.435 e. The number of aromatic nitrogens is 2. The Kier molecular flexibility index (Phi) is 3.23. The normalized spacial score (nSPS) is 28.1. The molecule has 0 spiro atoms. The molecule has 1 aromatic heterocycles. The first kappa shape index (κ1) is 14.4. The van der Waals surface area contributed by atoms with Crippen LogP contribution < -0.4 is 10.6 Å². The number of carbonyl (C=O) groups is 1. The summed E-state index contributed by atoms with van der Waals surface area (Å²) in [6, 6.07) is 0.975. The Hall–Kier alpha value is -1.57. The monoisotopic (exact) mass is 302 g/mol. The number of halogens is 3. The van der Waals surface area contributed by atoms with E-state index in [1.807, 2.05) is 0 Å². The molecule has 8 heteroatoms. The molecule has 0 unspecified atom stereocenters. The number of nitrogens with zero attached hydrogens (tertiary/aromatic N) is 2. The highest BCUT2D eigenvalue weighted by Crippen LogP contribution is 2.49. The Labute approximate surface area is 119 Å². The summed E-state index contributed by atoms with van der Waals surface area (Å²) in [6.45, 7) is 1.56. The summed E-state index contributed by atoms with van der Waals surface area (Å²) >= 11 is 0. The van der Waals surface area contributed by atoms with Gasteiger partial charge in [0.15, 0.2) is 5.69 Å². The van der Waals surface area contributed by atoms with Crippen molar-refractivity contribution in [3.8, 4) is 0 Å². The van der Waals surface area contributed by atoms with Crippen LogP contribution in [0.1, 0.15) is 24.2 Å². The fourth-order valence-electron chi connectivity index (χ4n) is 3.23. The van der Waals surface area contributed by atoms with Gasteiger partial charge in [0.25, 0.3) is 0 Å². The fourth-order valence-corrected chi connectivity index (χ4v) is 3.23. The minimum atomic E-state index is -4.47. The van der Waals surface area contributed by atoms with Gasteiger partial charge in [0.05, 0.1) is 17.7 Å². The lowest BCUT2D eigenvalue weighted by Gasteiger charge is -2.42. The standard InChI is InChI=1S/C13H17F3N4O/c1-20-9(4-10(19-20)13(14,15)16)6-18-11(21)12-3-2-8(12)5-17-7-12/h4,8,17H,2-3,5-7H2,1H3,(H,18,21)/t8-,12-/m0/s1. The number of hydrogen-bond acceptors (Lipinski definition) is 3. The summed E-state index contributed by atoms with van der Waals surface area (Å²) in [5, 5.41) is 9.41. The SMILES string of the molecule is Cn1nc(C(F)(F)F)cc1CNC(=O)[C@]12CC[C@H]1CNC2. The van der Waals surface area contributed by atoms with Crippen molar-refractivity contribution in [1.82, 2.24) is 20.4 Å². The van der Waals surface area contributed by atoms with Gasteiger partial charge in [0.2, 0.25) is 5.91 Å². The van der Waals surface area contributed by atoms with Crippen molar-refractivity contribution in [3.05, 3.63) is 17.5 Å². The fraction of sp³-hybridized carbons (Fsp3) is 0.692. The second kappa shape index (κ2) is 4.72. The molecule has 1 saturated heterocycles. The van der Waals surface area contributed by atoms with Crippen LogP contribution in [0, 0.1) is 11.3 Å². The van der Waals surface area contributed by atoms with E-state index in [4.69, 9.17) is 0 Å². The molecule has 21 heavy (non-hydrogen) atoms. The lowest BCUT2D eigenvalue weighted by molar-refractivity contribution is -0.141. The highest BCUT2D eigenvalue weighted by molar-refractivity contribution is 5.84. The van der Waals surface area contributed by atoms with E-state index in [1.165, 1.54) is 7.05 Å². The van der Waals surface area contributed by atoms with Crippen LogP contribution in [0.3, 0.4) is 0 Å². The van der Waals surface area contributed by atoms with Gasteiger partial charge in [-0.25, -0.2) is 0 Å². The molecule has 116 valence electrons. The van der Waals surface area contributed by atoms with E-state index in [0.29, 0.717) is 18.2 Å². The first-order chi connectivity index (χ1) is 9.83. The second-order valence-electron chi connectivity index (χ2n) is 5.85. The van der Waals surface area contributed by atoms with Gasteiger partial charge in [-0.2, -0.15) is 18.3 Å². The Bertz CT molecular complexity index is 568. The molecule has 0 radical (unpaired) electrons. The van der Waals surface area contributed by atoms with Gasteiger partial charge in [-0.1, -0.05) is 0 Å². The minimum absolute atomic E-state index is 0.0624. The molecule has 1 amide bonds. The van der Waals surface area contributed by atoms with Crippen LogP contribution in [0.5, 0.6) is 0 Å². The third-order valence-corrected chi connectivity index (χ3v) is 4.70. The van der Waals surface area contributed by atoms with Crippen LogP contribution in [0.2, 0.25) is 0 Å². The predicted molar refractivity (Wildman–Crippen MR) is 68.1 cm³/mol. The minimum Gasteiger partial charge on any atom is -0.350 e. The highest BCUT2D eigenvalue weighted by atomic mass is 19.4. The number of alkyl halides is 3. The lowest BCUT2D eigenvalue weighted by Crippen LogP contribution is -2.51. The van der Waals surface area contributed by atoms with Crippen LogP contribution in [-0.2, 0) is 24.6 Å². The van der Waals surface area contributed by atoms with Crippen LogP contribution in [0.4, 0.5) is 13.2 Å². The molecule has 1 saturated carbocycles. The van der Waals surface area contributed by atoms with Gasteiger partial charge in [-0.15, -0.1) is 0 Å². The molecule has 0 aromatic carbocycles. The van der Waals surface area contributed by atoms with E-state index in [1.54, 1.807) is 0 Å². The van der Waals surface area contributed by atoms with Crippen molar-refractivity contribution in [1.29, 1.82) is 0 Å². The van der Waals surface area contributed by atoms with E-state index in [0.717, 1.165) is 30.1 Å². The Morgan fingerprint density at radius 1 is 1.62 bits per heavy atom. The van der Waals surface area contributed by atoms with Gasteiger partial charge in [0.1, 0.15) is 0 Å². The van der Waals surface area contributed by atoms with Gasteiger partial charge in [0, 0.05) is 13.6 Å². The van der Waals surface area contributed by atoms with Crippen molar-refractivity contribution in [2.75, 3.05) is 13.1 Å². The Balaban J connectivity index is 1.66. The highest BCUT2D eigenvalue weighted by Gasteiger charge is 2.55. The van der Waals surface area contributed by atoms with Crippen molar-refractivity contribution in [3.63, 3.8) is 0 Å². The predicted octanol–water partition coefficient (Wildman–Crippen LogP) is 1.05. The molecule has 2 heterocycles. The van der Waals surface area contributed by atoms with Gasteiger partial charge >= 0.3 is 6.18 Å². The number of rotatable bonds is 3. The molecular weight excluding hydrogens is 285 g/mol. The molecule has 2 fully saturated rings. The molecule has 5 nitrogen and oxygen atoms in total. The van der Waals surface area contributed by atoms with Gasteiger partial charge in [-0.3, -0.25) is 9.48 Å². The molecule has 2 N–H and O–H groups in total. The molecule has 1 aromatic rings. The molecule has 2 atom stereocenters. The van der Waals surface area contributed by atoms with Crippen molar-refractivity contribution in [2.24, 2.45) is 18.4 Å². The summed E-state index contributed by atoms with van der Waals surface area (Å²) in [7, 11) is 1.44. The van der Waals surface area contributed by atoms with Crippen molar-refractivity contribution in [2.45, 2.75) is 25.6 Å². The maximum atomic E-state index is 12.6. The Morgan fingerprint density at radius 2 is 2.38 bits per heavy atom. The first-order valence-electron chi connectivity index (χ1n) is 6.92. The van der Waals surface area contributed by atoms with Gasteiger partial charge in [-0.05, 0) is 31.4 Å². The third kappa shape index (κ3) is 2.31. The summed E-state index contributed by atoms with van der Waals surface area (Å²) < 4.78 is 38.9. The lowest BCUT2D eigenvalue weighted by atomic mass is 9.61. The zero-order valence-corrected chi connectivity index (χ0v) is 11.6. The average Bonchev–Trinajstić information content (AvgIpc) is 2.88. The number of nitrogens with one attached hydrogen (secondary N) is 2. The summed E-state index contributed by atoms with van der Waals surface area (Å²) in [4.78, 5) is 12.3. The molecule has 3 rings (SSSR count). The van der Waals surface area contributed by atoms with E-state index in [2.05, 4.69) is 15.7 Å². The van der Waals surface area contributed by atoms with E-state index < -0.39 is 11.9 Å². The number of aryl methyl sites for hydroxylation is 1. The van der Waals surface area contributed by atoms with Gasteiger partial charge < -0.3 is 10.6 Å². The van der Waals surface area contributed by atoms with Crippen LogP contribution in [0.25, 0.3) is 0 Å². The molecule has 2 aliphatic rings. The topological polar surface area (TPSA) is 59.0 Å². The van der Waals surface area contributed by atoms with E-state index in [9.17, 15) is 18.0 Å². The molecule has 0 bridgehead atoms. The number of carbonyl (C=O) groups excluding carboxylic acids is 1. The number of fused-ring (bicyclic) bond motifs is 1. The zero-order valence-electron chi connectivity index (χ0n) is 11.6. The smallest absolute Gasteiger partial charge is 0.350 e. The molecular formula is C13H17F3N4O. The van der Waals surface area contributed by atoms with Crippen molar-refractivity contribution >= 4 is 5.91 Å².